The van der Waals surface area contributed by atoms with Crippen molar-refractivity contribution >= 4 is 26.0 Å². The normalized spacial score (nSPS) is 11.8. The molecule has 0 radical (unpaired) electrons. The van der Waals surface area contributed by atoms with Gasteiger partial charge in [-0.3, -0.25) is 0 Å². The van der Waals surface area contributed by atoms with E-state index in [4.69, 9.17) is 5.73 Å². The largest absolute Gasteiger partial charge is 0.326 e. The Kier molecular flexibility index (Phi) is 4.43. The van der Waals surface area contributed by atoms with Crippen LogP contribution >= 0.6 is 15.9 Å². The van der Waals surface area contributed by atoms with Crippen LogP contribution in [0.5, 0.6) is 0 Å². The molecule has 0 aliphatic rings. The Labute approximate surface area is 102 Å². The van der Waals surface area contributed by atoms with Crippen LogP contribution in [0.25, 0.3) is 0 Å². The van der Waals surface area contributed by atoms with Crippen LogP contribution < -0.4 is 10.5 Å². The van der Waals surface area contributed by atoms with E-state index in [2.05, 4.69) is 20.7 Å². The highest BCUT2D eigenvalue weighted by molar-refractivity contribution is 9.10. The summed E-state index contributed by atoms with van der Waals surface area (Å²) in [5.74, 6) is -0.799. The third-order valence-electron chi connectivity index (χ3n) is 1.92. The van der Waals surface area contributed by atoms with Gasteiger partial charge in [-0.25, -0.2) is 17.5 Å². The molecule has 7 heteroatoms. The molecule has 0 aromatic heterocycles. The Hall–Kier alpha value is -0.500. The standard InChI is InChI=1S/C9H12BrFN2O2S/c1-2-13-16(14,15)8-4-7(10)3-6(5-12)9(8)11/h3-4,13H,2,5,12H2,1H3. The highest BCUT2D eigenvalue weighted by atomic mass is 79.9. The van der Waals surface area contributed by atoms with Crippen molar-refractivity contribution in [3.8, 4) is 0 Å². The number of hydrogen-bond acceptors (Lipinski definition) is 3. The first-order valence-corrected chi connectivity index (χ1v) is 6.87. The number of sulfonamides is 1. The van der Waals surface area contributed by atoms with Crippen LogP contribution in [-0.2, 0) is 16.6 Å². The van der Waals surface area contributed by atoms with Crippen LogP contribution in [0.4, 0.5) is 4.39 Å². The van der Waals surface area contributed by atoms with Gasteiger partial charge in [-0.05, 0) is 12.1 Å². The van der Waals surface area contributed by atoms with E-state index >= 15 is 0 Å². The maximum Gasteiger partial charge on any atom is 0.243 e. The zero-order chi connectivity index (χ0) is 12.3. The van der Waals surface area contributed by atoms with Crippen molar-refractivity contribution < 1.29 is 12.8 Å². The maximum absolute atomic E-state index is 13.8. The molecule has 90 valence electrons. The second-order valence-electron chi connectivity index (χ2n) is 3.08. The zero-order valence-electron chi connectivity index (χ0n) is 8.63. The van der Waals surface area contributed by atoms with Gasteiger partial charge >= 0.3 is 0 Å². The lowest BCUT2D eigenvalue weighted by atomic mass is 10.2. The molecule has 16 heavy (non-hydrogen) atoms. The topological polar surface area (TPSA) is 72.2 Å². The van der Waals surface area contributed by atoms with E-state index in [1.807, 2.05) is 0 Å². The quantitative estimate of drug-likeness (QED) is 0.881. The summed E-state index contributed by atoms with van der Waals surface area (Å²) in [5, 5.41) is 0. The summed E-state index contributed by atoms with van der Waals surface area (Å²) in [5.41, 5.74) is 5.49. The lowest BCUT2D eigenvalue weighted by Gasteiger charge is -2.09. The van der Waals surface area contributed by atoms with Gasteiger partial charge in [0.25, 0.3) is 0 Å². The van der Waals surface area contributed by atoms with Gasteiger partial charge in [0.05, 0.1) is 0 Å². The van der Waals surface area contributed by atoms with Crippen molar-refractivity contribution in [1.82, 2.24) is 4.72 Å². The molecule has 0 heterocycles. The Morgan fingerprint density at radius 3 is 2.62 bits per heavy atom. The molecule has 0 spiro atoms. The Morgan fingerprint density at radius 1 is 1.50 bits per heavy atom. The Bertz CT molecular complexity index is 491. The fourth-order valence-electron chi connectivity index (χ4n) is 1.23. The molecule has 1 aromatic rings. The molecule has 0 saturated heterocycles. The minimum Gasteiger partial charge on any atom is -0.326 e. The van der Waals surface area contributed by atoms with Crippen LogP contribution in [0.15, 0.2) is 21.5 Å². The van der Waals surface area contributed by atoms with Crippen LogP contribution in [0.2, 0.25) is 0 Å². The van der Waals surface area contributed by atoms with Gasteiger partial charge in [0.1, 0.15) is 10.7 Å². The number of hydrogen-bond donors (Lipinski definition) is 2. The van der Waals surface area contributed by atoms with Gasteiger partial charge in [-0.2, -0.15) is 0 Å². The molecule has 0 amide bonds. The Balaban J connectivity index is 3.39. The number of nitrogens with two attached hydrogens (primary N) is 1. The second kappa shape index (κ2) is 5.22. The molecule has 1 rings (SSSR count). The predicted molar refractivity (Wildman–Crippen MR) is 62.9 cm³/mol. The summed E-state index contributed by atoms with van der Waals surface area (Å²) in [7, 11) is -3.81. The molecule has 0 atom stereocenters. The summed E-state index contributed by atoms with van der Waals surface area (Å²) in [6.45, 7) is 1.77. The van der Waals surface area contributed by atoms with Crippen molar-refractivity contribution in [2.75, 3.05) is 6.54 Å². The van der Waals surface area contributed by atoms with Gasteiger partial charge in [0, 0.05) is 23.1 Å². The number of halogens is 2. The van der Waals surface area contributed by atoms with Gasteiger partial charge in [0.15, 0.2) is 0 Å². The molecule has 3 N–H and O–H groups in total. The maximum atomic E-state index is 13.8. The number of benzene rings is 1. The summed E-state index contributed by atoms with van der Waals surface area (Å²) in [6.07, 6.45) is 0. The summed E-state index contributed by atoms with van der Waals surface area (Å²) in [6, 6.07) is 2.67. The van der Waals surface area contributed by atoms with E-state index in [0.29, 0.717) is 4.47 Å². The molecule has 0 unspecified atom stereocenters. The Morgan fingerprint density at radius 2 is 2.12 bits per heavy atom. The molecule has 4 nitrogen and oxygen atoms in total. The smallest absolute Gasteiger partial charge is 0.243 e. The summed E-state index contributed by atoms with van der Waals surface area (Å²) < 4.78 is 39.8. The van der Waals surface area contributed by atoms with E-state index in [0.717, 1.165) is 0 Å². The molecule has 0 saturated carbocycles. The van der Waals surface area contributed by atoms with E-state index in [1.165, 1.54) is 12.1 Å². The van der Waals surface area contributed by atoms with Crippen LogP contribution in [0.3, 0.4) is 0 Å². The highest BCUT2D eigenvalue weighted by Gasteiger charge is 2.20. The minimum absolute atomic E-state index is 0.0556. The third-order valence-corrected chi connectivity index (χ3v) is 3.93. The first kappa shape index (κ1) is 13.6. The SMILES string of the molecule is CCNS(=O)(=O)c1cc(Br)cc(CN)c1F. The van der Waals surface area contributed by atoms with Crippen LogP contribution in [-0.4, -0.2) is 15.0 Å². The lowest BCUT2D eigenvalue weighted by Crippen LogP contribution is -2.24. The van der Waals surface area contributed by atoms with Gasteiger partial charge in [-0.1, -0.05) is 22.9 Å². The van der Waals surface area contributed by atoms with E-state index < -0.39 is 15.8 Å². The van der Waals surface area contributed by atoms with Gasteiger partial charge < -0.3 is 5.73 Å². The van der Waals surface area contributed by atoms with Crippen molar-refractivity contribution in [1.29, 1.82) is 0 Å². The predicted octanol–water partition coefficient (Wildman–Crippen LogP) is 1.35. The van der Waals surface area contributed by atoms with Crippen molar-refractivity contribution in [2.24, 2.45) is 5.73 Å². The van der Waals surface area contributed by atoms with Crippen LogP contribution in [0.1, 0.15) is 12.5 Å². The number of nitrogens with one attached hydrogen (secondary N) is 1. The molecular formula is C9H12BrFN2O2S. The van der Waals surface area contributed by atoms with Gasteiger partial charge in [0.2, 0.25) is 10.0 Å². The fourth-order valence-corrected chi connectivity index (χ4v) is 3.07. The fraction of sp³-hybridized carbons (Fsp3) is 0.333. The third kappa shape index (κ3) is 2.79. The molecule has 0 bridgehead atoms. The van der Waals surface area contributed by atoms with Crippen LogP contribution in [0, 0.1) is 5.82 Å². The highest BCUT2D eigenvalue weighted by Crippen LogP contribution is 2.23. The molecular weight excluding hydrogens is 299 g/mol. The van der Waals surface area contributed by atoms with Crippen molar-refractivity contribution in [2.45, 2.75) is 18.4 Å². The van der Waals surface area contributed by atoms with Crippen molar-refractivity contribution in [3.63, 3.8) is 0 Å². The van der Waals surface area contributed by atoms with Gasteiger partial charge in [-0.15, -0.1) is 0 Å². The summed E-state index contributed by atoms with van der Waals surface area (Å²) >= 11 is 3.12. The average molecular weight is 311 g/mol. The number of rotatable bonds is 4. The van der Waals surface area contributed by atoms with Crippen molar-refractivity contribution in [3.05, 3.63) is 28.0 Å². The molecule has 0 aliphatic carbocycles. The monoisotopic (exact) mass is 310 g/mol. The van der Waals surface area contributed by atoms with E-state index in [9.17, 15) is 12.8 Å². The van der Waals surface area contributed by atoms with E-state index in [-0.39, 0.29) is 23.5 Å². The molecule has 0 aliphatic heterocycles. The van der Waals surface area contributed by atoms with E-state index in [1.54, 1.807) is 6.92 Å². The average Bonchev–Trinajstić information content (AvgIpc) is 2.20. The lowest BCUT2D eigenvalue weighted by molar-refractivity contribution is 0.551. The zero-order valence-corrected chi connectivity index (χ0v) is 11.0. The second-order valence-corrected chi connectivity index (χ2v) is 5.73. The molecule has 1 aromatic carbocycles. The first-order valence-electron chi connectivity index (χ1n) is 4.60. The molecule has 0 fully saturated rings. The minimum atomic E-state index is -3.81. The summed E-state index contributed by atoms with van der Waals surface area (Å²) in [4.78, 5) is -0.385. The first-order chi connectivity index (χ1) is 7.42.